The zero-order chi connectivity index (χ0) is 18.5. The van der Waals surface area contributed by atoms with Gasteiger partial charge in [-0.15, -0.1) is 0 Å². The SMILES string of the molecule is N=C/C(=C\NC(F)F)C(=O)Nc1cn2cc(C3CCOCC3)nc2cn1. The number of amides is 1. The van der Waals surface area contributed by atoms with E-state index in [2.05, 4.69) is 15.3 Å². The van der Waals surface area contributed by atoms with Crippen LogP contribution in [0.15, 0.2) is 30.4 Å². The van der Waals surface area contributed by atoms with Crippen LogP contribution < -0.4 is 10.6 Å². The standard InChI is InChI=1S/C16H18F2N6O2/c17-16(18)21-6-11(5-19)15(25)23-13-9-24-8-12(22-14(24)7-20-13)10-1-3-26-4-2-10/h5-10,16,19,21H,1-4H2,(H,23,25)/b11-6+,19-5?. The maximum atomic E-state index is 12.2. The van der Waals surface area contributed by atoms with Gasteiger partial charge in [-0.1, -0.05) is 0 Å². The Hall–Kier alpha value is -2.88. The average Bonchev–Trinajstić information content (AvgIpc) is 3.06. The molecule has 3 N–H and O–H groups in total. The van der Waals surface area contributed by atoms with E-state index in [4.69, 9.17) is 10.1 Å². The molecule has 0 aliphatic carbocycles. The van der Waals surface area contributed by atoms with Crippen LogP contribution in [-0.4, -0.2) is 46.3 Å². The third kappa shape index (κ3) is 4.20. The molecule has 10 heteroatoms. The van der Waals surface area contributed by atoms with Gasteiger partial charge in [0.2, 0.25) is 0 Å². The van der Waals surface area contributed by atoms with Gasteiger partial charge in [-0.05, 0) is 12.8 Å². The average molecular weight is 364 g/mol. The van der Waals surface area contributed by atoms with E-state index in [0.29, 0.717) is 31.0 Å². The smallest absolute Gasteiger partial charge is 0.312 e. The van der Waals surface area contributed by atoms with Crippen molar-refractivity contribution in [3.63, 3.8) is 0 Å². The molecule has 0 atom stereocenters. The van der Waals surface area contributed by atoms with E-state index in [1.165, 1.54) is 6.20 Å². The van der Waals surface area contributed by atoms with Gasteiger partial charge in [0.25, 0.3) is 5.91 Å². The van der Waals surface area contributed by atoms with Gasteiger partial charge in [0.1, 0.15) is 5.82 Å². The molecule has 1 aliphatic rings. The van der Waals surface area contributed by atoms with Crippen LogP contribution in [0.3, 0.4) is 0 Å². The maximum Gasteiger partial charge on any atom is 0.312 e. The van der Waals surface area contributed by atoms with E-state index in [1.807, 2.05) is 6.20 Å². The summed E-state index contributed by atoms with van der Waals surface area (Å²) in [5.74, 6) is -0.164. The van der Waals surface area contributed by atoms with Gasteiger partial charge >= 0.3 is 6.55 Å². The zero-order valence-electron chi connectivity index (χ0n) is 13.8. The molecular weight excluding hydrogens is 346 g/mol. The normalized spacial score (nSPS) is 16.0. The summed E-state index contributed by atoms with van der Waals surface area (Å²) in [6.07, 6.45) is 8.27. The van der Waals surface area contributed by atoms with Crippen molar-refractivity contribution in [3.05, 3.63) is 36.1 Å². The van der Waals surface area contributed by atoms with E-state index in [1.54, 1.807) is 15.9 Å². The van der Waals surface area contributed by atoms with E-state index in [9.17, 15) is 13.6 Å². The van der Waals surface area contributed by atoms with Crippen molar-refractivity contribution in [2.75, 3.05) is 18.5 Å². The molecule has 0 saturated carbocycles. The third-order valence-electron chi connectivity index (χ3n) is 4.02. The fraction of sp³-hybridized carbons (Fsp3) is 0.375. The zero-order valence-corrected chi connectivity index (χ0v) is 13.8. The lowest BCUT2D eigenvalue weighted by Crippen LogP contribution is -2.21. The van der Waals surface area contributed by atoms with E-state index < -0.39 is 12.5 Å². The number of fused-ring (bicyclic) bond motifs is 1. The Morgan fingerprint density at radius 1 is 1.38 bits per heavy atom. The molecule has 1 fully saturated rings. The summed E-state index contributed by atoms with van der Waals surface area (Å²) >= 11 is 0. The number of aromatic nitrogens is 3. The van der Waals surface area contributed by atoms with Gasteiger partial charge in [0.05, 0.1) is 23.7 Å². The summed E-state index contributed by atoms with van der Waals surface area (Å²) in [5, 5.41) is 11.3. The molecule has 0 radical (unpaired) electrons. The molecule has 2 aromatic heterocycles. The van der Waals surface area contributed by atoms with Crippen molar-refractivity contribution in [3.8, 4) is 0 Å². The van der Waals surface area contributed by atoms with Crippen LogP contribution in [-0.2, 0) is 9.53 Å². The number of anilines is 1. The molecule has 3 rings (SSSR count). The number of hydrogen-bond donors (Lipinski definition) is 3. The summed E-state index contributed by atoms with van der Waals surface area (Å²) in [5.41, 5.74) is 1.34. The minimum atomic E-state index is -2.82. The first-order valence-electron chi connectivity index (χ1n) is 8.05. The topological polar surface area (TPSA) is 104 Å². The van der Waals surface area contributed by atoms with Gasteiger partial charge < -0.3 is 25.2 Å². The molecule has 1 aliphatic heterocycles. The first kappa shape index (κ1) is 17.9. The predicted octanol–water partition coefficient (Wildman–Crippen LogP) is 1.91. The number of carbonyl (C=O) groups excluding carboxylic acids is 1. The van der Waals surface area contributed by atoms with Crippen molar-refractivity contribution < 1.29 is 18.3 Å². The number of halogens is 2. The lowest BCUT2D eigenvalue weighted by atomic mass is 9.97. The van der Waals surface area contributed by atoms with E-state index in [-0.39, 0.29) is 11.4 Å². The van der Waals surface area contributed by atoms with Gasteiger partial charge in [-0.2, -0.15) is 8.78 Å². The number of alkyl halides is 2. The Labute approximate surface area is 147 Å². The minimum absolute atomic E-state index is 0.225. The van der Waals surface area contributed by atoms with Crippen LogP contribution in [0.1, 0.15) is 24.5 Å². The Bertz CT molecular complexity index is 829. The second-order valence-corrected chi connectivity index (χ2v) is 5.76. The van der Waals surface area contributed by atoms with Crippen molar-refractivity contribution in [1.29, 1.82) is 5.41 Å². The molecule has 0 unspecified atom stereocenters. The Morgan fingerprint density at radius 2 is 2.15 bits per heavy atom. The van der Waals surface area contributed by atoms with Crippen molar-refractivity contribution in [1.82, 2.24) is 19.7 Å². The van der Waals surface area contributed by atoms with Gasteiger partial charge in [0, 0.05) is 37.7 Å². The minimum Gasteiger partial charge on any atom is -0.381 e. The largest absolute Gasteiger partial charge is 0.381 e. The van der Waals surface area contributed by atoms with Crippen LogP contribution in [0.4, 0.5) is 14.6 Å². The summed E-state index contributed by atoms with van der Waals surface area (Å²) in [6, 6.07) is 0. The first-order valence-corrected chi connectivity index (χ1v) is 8.05. The molecule has 2 aromatic rings. The molecular formula is C16H18F2N6O2. The van der Waals surface area contributed by atoms with Crippen LogP contribution in [0.25, 0.3) is 5.65 Å². The number of hydrogen-bond acceptors (Lipinski definition) is 6. The number of rotatable bonds is 6. The number of carbonyl (C=O) groups is 1. The summed E-state index contributed by atoms with van der Waals surface area (Å²) < 4.78 is 31.4. The number of nitrogens with one attached hydrogen (secondary N) is 3. The highest BCUT2D eigenvalue weighted by atomic mass is 19.3. The van der Waals surface area contributed by atoms with Crippen molar-refractivity contribution >= 4 is 23.6 Å². The third-order valence-corrected chi connectivity index (χ3v) is 4.02. The number of imidazole rings is 1. The highest BCUT2D eigenvalue weighted by Gasteiger charge is 2.19. The molecule has 8 nitrogen and oxygen atoms in total. The van der Waals surface area contributed by atoms with E-state index >= 15 is 0 Å². The van der Waals surface area contributed by atoms with Crippen molar-refractivity contribution in [2.45, 2.75) is 25.3 Å². The molecule has 3 heterocycles. The fourth-order valence-electron chi connectivity index (χ4n) is 2.69. The molecule has 138 valence electrons. The first-order chi connectivity index (χ1) is 12.6. The molecule has 1 amide bonds. The maximum absolute atomic E-state index is 12.2. The van der Waals surface area contributed by atoms with Gasteiger partial charge in [0.15, 0.2) is 5.65 Å². The molecule has 0 aromatic carbocycles. The molecule has 26 heavy (non-hydrogen) atoms. The van der Waals surface area contributed by atoms with Crippen LogP contribution in [0, 0.1) is 5.41 Å². The fourth-order valence-corrected chi connectivity index (χ4v) is 2.69. The van der Waals surface area contributed by atoms with Crippen LogP contribution in [0.5, 0.6) is 0 Å². The van der Waals surface area contributed by atoms with E-state index in [0.717, 1.165) is 24.7 Å². The predicted molar refractivity (Wildman–Crippen MR) is 90.4 cm³/mol. The Morgan fingerprint density at radius 3 is 2.85 bits per heavy atom. The second kappa shape index (κ2) is 8.00. The lowest BCUT2D eigenvalue weighted by molar-refractivity contribution is -0.112. The summed E-state index contributed by atoms with van der Waals surface area (Å²) in [6.45, 7) is -1.39. The summed E-state index contributed by atoms with van der Waals surface area (Å²) in [4.78, 5) is 20.7. The van der Waals surface area contributed by atoms with Crippen molar-refractivity contribution in [2.24, 2.45) is 0 Å². The molecule has 1 saturated heterocycles. The number of nitrogens with zero attached hydrogens (tertiary/aromatic N) is 3. The lowest BCUT2D eigenvalue weighted by Gasteiger charge is -2.19. The molecule has 0 bridgehead atoms. The second-order valence-electron chi connectivity index (χ2n) is 5.76. The Kier molecular flexibility index (Phi) is 5.52. The Balaban J connectivity index is 1.75. The highest BCUT2D eigenvalue weighted by molar-refractivity contribution is 6.16. The summed E-state index contributed by atoms with van der Waals surface area (Å²) in [7, 11) is 0. The van der Waals surface area contributed by atoms with Gasteiger partial charge in [-0.3, -0.25) is 4.79 Å². The monoisotopic (exact) mass is 364 g/mol. The number of ether oxygens (including phenoxy) is 1. The highest BCUT2D eigenvalue weighted by Crippen LogP contribution is 2.26. The van der Waals surface area contributed by atoms with Gasteiger partial charge in [-0.25, -0.2) is 9.97 Å². The molecule has 0 spiro atoms. The quantitative estimate of drug-likeness (QED) is 0.413. The van der Waals surface area contributed by atoms with Crippen LogP contribution in [0.2, 0.25) is 0 Å². The van der Waals surface area contributed by atoms with Crippen LogP contribution >= 0.6 is 0 Å².